The zero-order valence-corrected chi connectivity index (χ0v) is 34.3. The Balaban J connectivity index is -0.0000000349. The molecule has 0 aromatic carbocycles. The van der Waals surface area contributed by atoms with E-state index in [-0.39, 0.29) is 29.7 Å². The first-order valence-corrected chi connectivity index (χ1v) is 19.6. The molecular weight excluding hydrogens is 581 g/mol. The molecule has 0 aliphatic rings. The van der Waals surface area contributed by atoms with E-state index in [9.17, 15) is 0 Å². The van der Waals surface area contributed by atoms with Crippen molar-refractivity contribution < 1.29 is 4.74 Å². The molecule has 4 heteroatoms. The summed E-state index contributed by atoms with van der Waals surface area (Å²) in [5, 5.41) is 3.28. The molecule has 0 aromatic heterocycles. The molecule has 0 fully saturated rings. The van der Waals surface area contributed by atoms with Crippen molar-refractivity contribution in [3.8, 4) is 0 Å². The minimum atomic E-state index is 0. The van der Waals surface area contributed by atoms with E-state index in [2.05, 4.69) is 147 Å². The second kappa shape index (κ2) is 85.2. The maximum absolute atomic E-state index is 5.45. The zero-order valence-electron chi connectivity index (χ0n) is 33.5. The predicted octanol–water partition coefficient (Wildman–Crippen LogP) is 15.6. The molecule has 0 bridgehead atoms. The van der Waals surface area contributed by atoms with Gasteiger partial charge in [0.25, 0.3) is 0 Å². The van der Waals surface area contributed by atoms with Gasteiger partial charge in [0.1, 0.15) is 0 Å². The van der Waals surface area contributed by atoms with Crippen LogP contribution in [0.1, 0.15) is 212 Å². The lowest BCUT2D eigenvalue weighted by atomic mass is 10.2. The van der Waals surface area contributed by atoms with Crippen molar-refractivity contribution in [2.24, 2.45) is 11.8 Å². The third kappa shape index (κ3) is 153. The van der Waals surface area contributed by atoms with Gasteiger partial charge in [-0.2, -0.15) is 11.8 Å². The van der Waals surface area contributed by atoms with Gasteiger partial charge in [-0.3, -0.25) is 0 Å². The summed E-state index contributed by atoms with van der Waals surface area (Å²) in [5.41, 5.74) is 0. The largest absolute Gasteiger partial charge is 0.378 e. The van der Waals surface area contributed by atoms with E-state index >= 15 is 0 Å². The van der Waals surface area contributed by atoms with Gasteiger partial charge < -0.3 is 15.0 Å². The quantitative estimate of drug-likeness (QED) is 0.154. The van der Waals surface area contributed by atoms with Crippen molar-refractivity contribution in [3.63, 3.8) is 0 Å². The SMILES string of the molecule is C.C.C.C.CCC.CCC.CCC(C)C.CCC(C)OCC(C)C.CCCN(C)CCC.CCCNCCC.CCCSCCC. The fraction of sp³-hybridized carbons (Fsp3) is 1.00. The number of nitrogens with one attached hydrogen (secondary N) is 1. The molecule has 0 rings (SSSR count). The summed E-state index contributed by atoms with van der Waals surface area (Å²) in [7, 11) is 2.17. The number of hydrogen-bond donors (Lipinski definition) is 1. The van der Waals surface area contributed by atoms with Crippen molar-refractivity contribution in [3.05, 3.63) is 0 Å². The average molecular weight is 689 g/mol. The smallest absolute Gasteiger partial charge is 0.0544 e. The maximum Gasteiger partial charge on any atom is 0.0544 e. The van der Waals surface area contributed by atoms with Crippen molar-refractivity contribution >= 4 is 11.8 Å². The molecule has 1 unspecified atom stereocenters. The summed E-state index contributed by atoms with van der Waals surface area (Å²) in [6.45, 7) is 42.7. The maximum atomic E-state index is 5.45. The van der Waals surface area contributed by atoms with Crippen LogP contribution < -0.4 is 5.32 Å². The highest BCUT2D eigenvalue weighted by atomic mass is 32.2. The van der Waals surface area contributed by atoms with Crippen molar-refractivity contribution in [1.29, 1.82) is 0 Å². The van der Waals surface area contributed by atoms with Crippen LogP contribution in [0.3, 0.4) is 0 Å². The van der Waals surface area contributed by atoms with Crippen LogP contribution in [0.25, 0.3) is 0 Å². The number of ether oxygens (including phenoxy) is 1. The molecule has 0 amide bonds. The Bertz CT molecular complexity index is 316. The van der Waals surface area contributed by atoms with E-state index in [1.165, 1.54) is 95.5 Å². The fourth-order valence-electron chi connectivity index (χ4n) is 2.22. The van der Waals surface area contributed by atoms with Gasteiger partial charge in [0.2, 0.25) is 0 Å². The monoisotopic (exact) mass is 689 g/mol. The lowest BCUT2D eigenvalue weighted by Gasteiger charge is -2.12. The fourth-order valence-corrected chi connectivity index (χ4v) is 3.00. The summed E-state index contributed by atoms with van der Waals surface area (Å²) in [6, 6.07) is 0. The molecule has 0 aliphatic heterocycles. The van der Waals surface area contributed by atoms with Gasteiger partial charge in [-0.05, 0) is 108 Å². The summed E-state index contributed by atoms with van der Waals surface area (Å²) in [5.74, 6) is 4.23. The summed E-state index contributed by atoms with van der Waals surface area (Å²) >= 11 is 2.05. The predicted molar refractivity (Wildman–Crippen MR) is 234 cm³/mol. The molecule has 0 heterocycles. The molecule has 0 aliphatic carbocycles. The summed E-state index contributed by atoms with van der Waals surface area (Å²) in [4.78, 5) is 2.36. The highest BCUT2D eigenvalue weighted by Crippen LogP contribution is 2.02. The van der Waals surface area contributed by atoms with Crippen LogP contribution >= 0.6 is 11.8 Å². The minimum absolute atomic E-state index is 0. The first-order chi connectivity index (χ1) is 19.9. The Kier molecular flexibility index (Phi) is 141. The Labute approximate surface area is 306 Å². The molecule has 0 radical (unpaired) electrons. The van der Waals surface area contributed by atoms with Gasteiger partial charge in [0, 0.05) is 6.61 Å². The first-order valence-electron chi connectivity index (χ1n) is 18.5. The molecule has 0 spiro atoms. The van der Waals surface area contributed by atoms with E-state index in [4.69, 9.17) is 4.74 Å². The molecule has 0 saturated heterocycles. The Morgan fingerprint density at radius 1 is 0.522 bits per heavy atom. The van der Waals surface area contributed by atoms with Crippen LogP contribution in [0.15, 0.2) is 0 Å². The number of hydrogen-bond acceptors (Lipinski definition) is 4. The van der Waals surface area contributed by atoms with Crippen molar-refractivity contribution in [2.45, 2.75) is 218 Å². The zero-order chi connectivity index (χ0) is 34.5. The molecule has 1 N–H and O–H groups in total. The van der Waals surface area contributed by atoms with Crippen LogP contribution in [0.2, 0.25) is 0 Å². The van der Waals surface area contributed by atoms with Gasteiger partial charge in [-0.1, -0.05) is 160 Å². The van der Waals surface area contributed by atoms with E-state index < -0.39 is 0 Å². The number of rotatable bonds is 17. The lowest BCUT2D eigenvalue weighted by molar-refractivity contribution is 0.0455. The summed E-state index contributed by atoms with van der Waals surface area (Å²) in [6.07, 6.45) is 13.1. The second-order valence-electron chi connectivity index (χ2n) is 11.8. The normalized spacial score (nSPS) is 9.33. The average Bonchev–Trinajstić information content (AvgIpc) is 2.95. The van der Waals surface area contributed by atoms with Gasteiger partial charge >= 0.3 is 0 Å². The van der Waals surface area contributed by atoms with Crippen LogP contribution in [0.4, 0.5) is 0 Å². The third-order valence-electron chi connectivity index (χ3n) is 4.87. The van der Waals surface area contributed by atoms with Crippen LogP contribution in [0.5, 0.6) is 0 Å². The molecule has 46 heavy (non-hydrogen) atoms. The Morgan fingerprint density at radius 3 is 1.04 bits per heavy atom. The molecular formula is C42H108N2OS. The van der Waals surface area contributed by atoms with Gasteiger partial charge in [0.15, 0.2) is 0 Å². The highest BCUT2D eigenvalue weighted by molar-refractivity contribution is 7.99. The summed E-state index contributed by atoms with van der Waals surface area (Å²) < 4.78 is 5.45. The van der Waals surface area contributed by atoms with E-state index in [0.717, 1.165) is 18.9 Å². The minimum Gasteiger partial charge on any atom is -0.378 e. The van der Waals surface area contributed by atoms with Crippen molar-refractivity contribution in [1.82, 2.24) is 10.2 Å². The third-order valence-corrected chi connectivity index (χ3v) is 6.26. The van der Waals surface area contributed by atoms with E-state index in [1.54, 1.807) is 0 Å². The second-order valence-corrected chi connectivity index (χ2v) is 13.1. The van der Waals surface area contributed by atoms with Crippen LogP contribution in [0, 0.1) is 11.8 Å². The van der Waals surface area contributed by atoms with Crippen molar-refractivity contribution in [2.75, 3.05) is 51.3 Å². The van der Waals surface area contributed by atoms with Crippen LogP contribution in [-0.2, 0) is 4.74 Å². The molecule has 0 saturated carbocycles. The van der Waals surface area contributed by atoms with Crippen LogP contribution in [-0.4, -0.2) is 62.3 Å². The molecule has 0 aromatic rings. The topological polar surface area (TPSA) is 24.5 Å². The number of nitrogens with zero attached hydrogens (tertiary/aromatic N) is 1. The molecule has 1 atom stereocenters. The Hall–Kier alpha value is 0.230. The van der Waals surface area contributed by atoms with Gasteiger partial charge in [-0.15, -0.1) is 0 Å². The van der Waals surface area contributed by atoms with E-state index in [1.807, 2.05) is 0 Å². The number of thioether (sulfide) groups is 1. The Morgan fingerprint density at radius 2 is 0.848 bits per heavy atom. The van der Waals surface area contributed by atoms with Gasteiger partial charge in [0.05, 0.1) is 6.10 Å². The lowest BCUT2D eigenvalue weighted by Crippen LogP contribution is -2.19. The van der Waals surface area contributed by atoms with E-state index in [0.29, 0.717) is 12.0 Å². The van der Waals surface area contributed by atoms with Gasteiger partial charge in [-0.25, -0.2) is 0 Å². The standard InChI is InChI=1S/C8H18O.C7H17N.C6H15N.C6H14S.C5H12.2C3H8.4CH4/c1-5-8(4)9-6-7(2)3;1-4-6-8(3)7-5-2;2*1-3-5-7-6-4-2;1-4-5(2)3;2*1-3-2;;;;/h7-8H,5-6H2,1-4H3;4-7H2,1-3H3;7H,3-6H2,1-2H3;3-6H2,1-2H3;5H,4H2,1-3H3;2*3H2,1-2H3;4*1H4. The highest BCUT2D eigenvalue weighted by Gasteiger charge is 1.98. The molecule has 298 valence electrons. The first kappa shape index (κ1) is 76.2. The molecule has 3 nitrogen and oxygen atoms in total.